The molecule has 3 aromatic heterocycles. The number of anilines is 1. The Balaban J connectivity index is 1.81. The van der Waals surface area contributed by atoms with Gasteiger partial charge in [0.25, 0.3) is 0 Å². The van der Waals surface area contributed by atoms with E-state index < -0.39 is 15.3 Å². The molecule has 0 aliphatic carbocycles. The highest BCUT2D eigenvalue weighted by atomic mass is 32.2. The summed E-state index contributed by atoms with van der Waals surface area (Å²) in [6, 6.07) is 9.81. The van der Waals surface area contributed by atoms with Gasteiger partial charge < -0.3 is 14.6 Å². The Morgan fingerprint density at radius 2 is 2.00 bits per heavy atom. The number of hydrogen-bond acceptors (Lipinski definition) is 6. The molecule has 162 valence electrons. The molecule has 9 heteroatoms. The number of morpholine rings is 1. The van der Waals surface area contributed by atoms with Crippen LogP contribution in [0.5, 0.6) is 0 Å². The summed E-state index contributed by atoms with van der Waals surface area (Å²) in [6.07, 6.45) is 3.47. The van der Waals surface area contributed by atoms with Crippen LogP contribution in [0.2, 0.25) is 0 Å². The van der Waals surface area contributed by atoms with Crippen molar-refractivity contribution in [2.45, 2.75) is 32.1 Å². The third-order valence-corrected chi connectivity index (χ3v) is 7.87. The number of benzene rings is 1. The largest absolute Gasteiger partial charge is 0.377 e. The highest BCUT2D eigenvalue weighted by Gasteiger charge is 2.28. The molecule has 1 aliphatic rings. The highest BCUT2D eigenvalue weighted by Crippen LogP contribution is 2.33. The molecule has 4 heterocycles. The van der Waals surface area contributed by atoms with Crippen molar-refractivity contribution in [1.82, 2.24) is 18.9 Å². The first-order valence-electron chi connectivity index (χ1n) is 10.4. The summed E-state index contributed by atoms with van der Waals surface area (Å²) in [5, 5.41) is 1.15. The molecule has 1 aliphatic heterocycles. The first kappa shape index (κ1) is 20.0. The number of fused-ring (bicyclic) bond motifs is 2. The van der Waals surface area contributed by atoms with Gasteiger partial charge in [-0.05, 0) is 39.0 Å². The fraction of sp³-hybridized carbons (Fsp3) is 0.364. The fourth-order valence-corrected chi connectivity index (χ4v) is 5.14. The molecule has 0 saturated carbocycles. The van der Waals surface area contributed by atoms with Crippen LogP contribution in [-0.4, -0.2) is 58.4 Å². The SMILES string of the molecule is CC(C)S(=O)(=O)n1ccc2c(N3CCOC[C@H]3C)nc(-c3cccc4[nH]ccc34)nc21. The highest BCUT2D eigenvalue weighted by molar-refractivity contribution is 7.90. The van der Waals surface area contributed by atoms with Gasteiger partial charge in [0.2, 0.25) is 10.0 Å². The maximum Gasteiger partial charge on any atom is 0.242 e. The Labute approximate surface area is 180 Å². The van der Waals surface area contributed by atoms with E-state index >= 15 is 0 Å². The molecular weight excluding hydrogens is 414 g/mol. The monoisotopic (exact) mass is 439 g/mol. The molecular formula is C22H25N5O3S. The minimum absolute atomic E-state index is 0.118. The zero-order chi connectivity index (χ0) is 21.8. The number of ether oxygens (including phenoxy) is 1. The van der Waals surface area contributed by atoms with Crippen LogP contribution in [0.25, 0.3) is 33.3 Å². The zero-order valence-corrected chi connectivity index (χ0v) is 18.6. The van der Waals surface area contributed by atoms with Gasteiger partial charge in [-0.15, -0.1) is 0 Å². The van der Waals surface area contributed by atoms with E-state index in [1.165, 1.54) is 3.97 Å². The van der Waals surface area contributed by atoms with Gasteiger partial charge in [-0.3, -0.25) is 0 Å². The van der Waals surface area contributed by atoms with Crippen LogP contribution < -0.4 is 4.90 Å². The minimum atomic E-state index is -3.57. The third-order valence-electron chi connectivity index (χ3n) is 5.84. The lowest BCUT2D eigenvalue weighted by molar-refractivity contribution is 0.0987. The molecule has 0 bridgehead atoms. The maximum absolute atomic E-state index is 13.0. The van der Waals surface area contributed by atoms with Crippen molar-refractivity contribution >= 4 is 37.8 Å². The molecule has 1 fully saturated rings. The van der Waals surface area contributed by atoms with Gasteiger partial charge in [-0.2, -0.15) is 0 Å². The zero-order valence-electron chi connectivity index (χ0n) is 17.7. The standard InChI is InChI=1S/C22H25N5O3S/c1-14(2)31(28,29)27-10-8-18-21(26-11-12-30-13-15(26)3)24-20(25-22(18)27)17-5-4-6-19-16(17)7-9-23-19/h4-10,14-15,23H,11-13H2,1-3H3/t15-/m1/s1. The third kappa shape index (κ3) is 3.19. The van der Waals surface area contributed by atoms with E-state index in [4.69, 9.17) is 14.7 Å². The summed E-state index contributed by atoms with van der Waals surface area (Å²) in [5.74, 6) is 1.24. The second-order valence-corrected chi connectivity index (χ2v) is 10.5. The molecule has 5 rings (SSSR count). The van der Waals surface area contributed by atoms with Crippen molar-refractivity contribution in [3.8, 4) is 11.4 Å². The van der Waals surface area contributed by atoms with Crippen LogP contribution in [0.3, 0.4) is 0 Å². The topological polar surface area (TPSA) is 93.1 Å². The molecule has 0 radical (unpaired) electrons. The van der Waals surface area contributed by atoms with E-state index in [1.54, 1.807) is 26.1 Å². The maximum atomic E-state index is 13.0. The lowest BCUT2D eigenvalue weighted by atomic mass is 10.1. The number of aromatic amines is 1. The van der Waals surface area contributed by atoms with Crippen LogP contribution in [0.4, 0.5) is 5.82 Å². The average molecular weight is 440 g/mol. The van der Waals surface area contributed by atoms with Crippen LogP contribution >= 0.6 is 0 Å². The summed E-state index contributed by atoms with van der Waals surface area (Å²) in [4.78, 5) is 15.1. The summed E-state index contributed by atoms with van der Waals surface area (Å²) >= 11 is 0. The van der Waals surface area contributed by atoms with Crippen molar-refractivity contribution in [2.75, 3.05) is 24.7 Å². The molecule has 0 amide bonds. The quantitative estimate of drug-likeness (QED) is 0.524. The Kier molecular flexibility index (Phi) is 4.75. The summed E-state index contributed by atoms with van der Waals surface area (Å²) in [7, 11) is -3.57. The van der Waals surface area contributed by atoms with Crippen LogP contribution in [0.1, 0.15) is 20.8 Å². The molecule has 1 saturated heterocycles. The molecule has 1 N–H and O–H groups in total. The van der Waals surface area contributed by atoms with E-state index in [-0.39, 0.29) is 6.04 Å². The molecule has 31 heavy (non-hydrogen) atoms. The van der Waals surface area contributed by atoms with Gasteiger partial charge >= 0.3 is 0 Å². The number of nitrogens with zero attached hydrogens (tertiary/aromatic N) is 4. The van der Waals surface area contributed by atoms with Crippen molar-refractivity contribution in [1.29, 1.82) is 0 Å². The summed E-state index contributed by atoms with van der Waals surface area (Å²) in [6.45, 7) is 7.32. The van der Waals surface area contributed by atoms with Crippen LogP contribution in [-0.2, 0) is 14.8 Å². The van der Waals surface area contributed by atoms with E-state index in [0.29, 0.717) is 31.2 Å². The summed E-state index contributed by atoms with van der Waals surface area (Å²) < 4.78 is 33.0. The lowest BCUT2D eigenvalue weighted by Gasteiger charge is -2.34. The lowest BCUT2D eigenvalue weighted by Crippen LogP contribution is -2.44. The fourth-order valence-electron chi connectivity index (χ4n) is 4.07. The Morgan fingerprint density at radius 3 is 2.77 bits per heavy atom. The van der Waals surface area contributed by atoms with Crippen LogP contribution in [0, 0.1) is 0 Å². The smallest absolute Gasteiger partial charge is 0.242 e. The minimum Gasteiger partial charge on any atom is -0.377 e. The number of hydrogen-bond donors (Lipinski definition) is 1. The second kappa shape index (κ2) is 7.35. The van der Waals surface area contributed by atoms with Crippen molar-refractivity contribution in [3.63, 3.8) is 0 Å². The van der Waals surface area contributed by atoms with Crippen molar-refractivity contribution in [3.05, 3.63) is 42.7 Å². The molecule has 1 atom stereocenters. The normalized spacial score (nSPS) is 17.8. The molecule has 0 unspecified atom stereocenters. The number of H-pyrrole nitrogens is 1. The molecule has 0 spiro atoms. The Hall–Kier alpha value is -2.91. The molecule has 4 aromatic rings. The second-order valence-electron chi connectivity index (χ2n) is 8.18. The van der Waals surface area contributed by atoms with Gasteiger partial charge in [-0.1, -0.05) is 12.1 Å². The molecule has 8 nitrogen and oxygen atoms in total. The molecule has 1 aromatic carbocycles. The first-order valence-corrected chi connectivity index (χ1v) is 11.9. The first-order chi connectivity index (χ1) is 14.9. The number of aromatic nitrogens is 4. The van der Waals surface area contributed by atoms with Gasteiger partial charge in [0.15, 0.2) is 11.5 Å². The van der Waals surface area contributed by atoms with Gasteiger partial charge in [-0.25, -0.2) is 22.4 Å². The van der Waals surface area contributed by atoms with Gasteiger partial charge in [0.1, 0.15) is 5.82 Å². The van der Waals surface area contributed by atoms with Crippen molar-refractivity contribution in [2.24, 2.45) is 0 Å². The van der Waals surface area contributed by atoms with E-state index in [0.717, 1.165) is 27.7 Å². The van der Waals surface area contributed by atoms with E-state index in [1.807, 2.05) is 30.5 Å². The van der Waals surface area contributed by atoms with E-state index in [9.17, 15) is 8.42 Å². The van der Waals surface area contributed by atoms with E-state index in [2.05, 4.69) is 16.8 Å². The van der Waals surface area contributed by atoms with Crippen LogP contribution in [0.15, 0.2) is 42.7 Å². The van der Waals surface area contributed by atoms with Gasteiger partial charge in [0, 0.05) is 35.4 Å². The predicted molar refractivity (Wildman–Crippen MR) is 122 cm³/mol. The average Bonchev–Trinajstić information content (AvgIpc) is 3.40. The predicted octanol–water partition coefficient (Wildman–Crippen LogP) is 3.39. The summed E-state index contributed by atoms with van der Waals surface area (Å²) in [5.41, 5.74) is 2.24. The number of rotatable bonds is 4. The van der Waals surface area contributed by atoms with Gasteiger partial charge in [0.05, 0.1) is 29.9 Å². The Bertz CT molecular complexity index is 1370. The van der Waals surface area contributed by atoms with Crippen molar-refractivity contribution < 1.29 is 13.2 Å². The number of nitrogens with one attached hydrogen (secondary N) is 1. The Morgan fingerprint density at radius 1 is 1.16 bits per heavy atom.